The zero-order valence-electron chi connectivity index (χ0n) is 22.2. The number of rotatable bonds is 6. The lowest BCUT2D eigenvalue weighted by Gasteiger charge is -2.42. The third-order valence-corrected chi connectivity index (χ3v) is 9.48. The second-order valence-corrected chi connectivity index (χ2v) is 12.1. The van der Waals surface area contributed by atoms with E-state index in [1.165, 1.54) is 4.31 Å². The Morgan fingerprint density at radius 1 is 0.974 bits per heavy atom. The molecular weight excluding hydrogens is 500 g/mol. The summed E-state index contributed by atoms with van der Waals surface area (Å²) < 4.78 is 41.3. The van der Waals surface area contributed by atoms with Crippen LogP contribution in [0.2, 0.25) is 0 Å². The summed E-state index contributed by atoms with van der Waals surface area (Å²) in [4.78, 5) is 13.9. The summed E-state index contributed by atoms with van der Waals surface area (Å²) in [6.45, 7) is 7.86. The normalized spacial score (nSPS) is 19.9. The fourth-order valence-corrected chi connectivity index (χ4v) is 6.73. The highest BCUT2D eigenvalue weighted by Crippen LogP contribution is 2.43. The first-order valence-electron chi connectivity index (χ1n) is 13.1. The molecule has 3 aromatic rings. The van der Waals surface area contributed by atoms with Crippen LogP contribution in [-0.2, 0) is 14.8 Å². The number of hydrogen-bond donors (Lipinski definition) is 1. The second kappa shape index (κ2) is 9.98. The van der Waals surface area contributed by atoms with E-state index in [-0.39, 0.29) is 29.0 Å². The van der Waals surface area contributed by atoms with E-state index in [0.29, 0.717) is 17.9 Å². The average Bonchev–Trinajstić information content (AvgIpc) is 2.92. The van der Waals surface area contributed by atoms with Gasteiger partial charge in [0.15, 0.2) is 6.10 Å². The molecule has 0 saturated carbocycles. The van der Waals surface area contributed by atoms with Crippen molar-refractivity contribution in [1.82, 2.24) is 5.32 Å². The molecular formula is C30H34N2O5S. The van der Waals surface area contributed by atoms with E-state index in [2.05, 4.69) is 19.2 Å². The lowest BCUT2D eigenvalue weighted by molar-refractivity contribution is -0.129. The highest BCUT2D eigenvalue weighted by atomic mass is 32.2. The molecule has 3 aromatic carbocycles. The molecule has 5 rings (SSSR count). The van der Waals surface area contributed by atoms with Crippen LogP contribution in [0.3, 0.4) is 0 Å². The number of anilines is 1. The zero-order chi connectivity index (χ0) is 27.1. The largest absolute Gasteiger partial charge is 0.487 e. The number of hydrogen-bond acceptors (Lipinski definition) is 5. The van der Waals surface area contributed by atoms with Gasteiger partial charge in [-0.2, -0.15) is 0 Å². The Hall–Kier alpha value is -3.52. The summed E-state index contributed by atoms with van der Waals surface area (Å²) in [7, 11) is -3.93. The van der Waals surface area contributed by atoms with Gasteiger partial charge in [-0.15, -0.1) is 0 Å². The van der Waals surface area contributed by atoms with Crippen LogP contribution in [-0.4, -0.2) is 32.6 Å². The Morgan fingerprint density at radius 2 is 1.66 bits per heavy atom. The number of carbonyl (C=O) groups is 1. The van der Waals surface area contributed by atoms with E-state index in [1.807, 2.05) is 44.2 Å². The van der Waals surface area contributed by atoms with Crippen LogP contribution in [0.1, 0.15) is 55.8 Å². The number of benzene rings is 3. The Bertz CT molecular complexity index is 1450. The number of nitrogens with zero attached hydrogens (tertiary/aromatic N) is 1. The number of ether oxygens (including phenoxy) is 2. The van der Waals surface area contributed by atoms with Crippen LogP contribution < -0.4 is 19.1 Å². The fourth-order valence-electron chi connectivity index (χ4n) is 5.26. The van der Waals surface area contributed by atoms with Gasteiger partial charge in [0, 0.05) is 12.0 Å². The molecule has 2 atom stereocenters. The molecule has 7 nitrogen and oxygen atoms in total. The van der Waals surface area contributed by atoms with Gasteiger partial charge in [-0.05, 0) is 62.6 Å². The van der Waals surface area contributed by atoms with Crippen molar-refractivity contribution in [3.63, 3.8) is 0 Å². The summed E-state index contributed by atoms with van der Waals surface area (Å²) in [5.41, 5.74) is 2.82. The van der Waals surface area contributed by atoms with Gasteiger partial charge in [0.25, 0.3) is 15.9 Å². The lowest BCUT2D eigenvalue weighted by atomic mass is 9.83. The van der Waals surface area contributed by atoms with E-state index < -0.39 is 16.1 Å². The zero-order valence-corrected chi connectivity index (χ0v) is 23.0. The van der Waals surface area contributed by atoms with Crippen LogP contribution in [0.4, 0.5) is 5.69 Å². The standard InChI is InChI=1S/C30H34N2O5S/c1-5-30(6-2)18-24(23-9-7-8-10-26(23)37-30)31-29(33)28-19-32(25-16-13-21(4)17-27(25)36-28)38(34,35)22-14-11-20(3)12-15-22/h7-17,24,28H,5-6,18-19H2,1-4H3,(H,31,33)/t24-,28-/m1/s1. The SMILES string of the molecule is CCC1(CC)C[C@@H](NC(=O)[C@H]2CN(S(=O)(=O)c3ccc(C)cc3)c3ccc(C)cc3O2)c2ccccc2O1. The molecule has 2 heterocycles. The van der Waals surface area contributed by atoms with Crippen molar-refractivity contribution in [3.05, 3.63) is 83.4 Å². The van der Waals surface area contributed by atoms with E-state index in [4.69, 9.17) is 9.47 Å². The molecule has 8 heteroatoms. The van der Waals surface area contributed by atoms with Crippen LogP contribution >= 0.6 is 0 Å². The molecule has 0 fully saturated rings. The third kappa shape index (κ3) is 4.73. The van der Waals surface area contributed by atoms with Crippen molar-refractivity contribution < 1.29 is 22.7 Å². The third-order valence-electron chi connectivity index (χ3n) is 7.69. The maximum atomic E-state index is 13.8. The van der Waals surface area contributed by atoms with Crippen molar-refractivity contribution in [1.29, 1.82) is 0 Å². The summed E-state index contributed by atoms with van der Waals surface area (Å²) in [6, 6.07) is 19.5. The molecule has 0 radical (unpaired) electrons. The molecule has 0 aliphatic carbocycles. The monoisotopic (exact) mass is 534 g/mol. The molecule has 0 saturated heterocycles. The van der Waals surface area contributed by atoms with Crippen molar-refractivity contribution in [2.45, 2.75) is 69.6 Å². The predicted molar refractivity (Wildman–Crippen MR) is 147 cm³/mol. The van der Waals surface area contributed by atoms with Gasteiger partial charge in [-0.25, -0.2) is 8.42 Å². The minimum absolute atomic E-state index is 0.129. The van der Waals surface area contributed by atoms with E-state index in [9.17, 15) is 13.2 Å². The van der Waals surface area contributed by atoms with Crippen LogP contribution in [0.5, 0.6) is 11.5 Å². The molecule has 2 aliphatic rings. The number of amides is 1. The second-order valence-electron chi connectivity index (χ2n) is 10.2. The predicted octanol–water partition coefficient (Wildman–Crippen LogP) is 5.46. The molecule has 0 bridgehead atoms. The van der Waals surface area contributed by atoms with Gasteiger partial charge < -0.3 is 14.8 Å². The first kappa shape index (κ1) is 26.1. The van der Waals surface area contributed by atoms with Crippen molar-refractivity contribution >= 4 is 21.6 Å². The topological polar surface area (TPSA) is 84.9 Å². The minimum Gasteiger partial charge on any atom is -0.487 e. The molecule has 0 unspecified atom stereocenters. The van der Waals surface area contributed by atoms with Crippen molar-refractivity contribution in [2.24, 2.45) is 0 Å². The Balaban J connectivity index is 1.47. The quantitative estimate of drug-likeness (QED) is 0.454. The number of aryl methyl sites for hydroxylation is 2. The smallest absolute Gasteiger partial charge is 0.264 e. The summed E-state index contributed by atoms with van der Waals surface area (Å²) in [5.74, 6) is 0.779. The number of sulfonamides is 1. The Kier molecular flexibility index (Phi) is 6.86. The first-order valence-corrected chi connectivity index (χ1v) is 14.5. The van der Waals surface area contributed by atoms with E-state index >= 15 is 0 Å². The van der Waals surface area contributed by atoms with Crippen LogP contribution in [0.15, 0.2) is 71.6 Å². The molecule has 1 N–H and O–H groups in total. The molecule has 38 heavy (non-hydrogen) atoms. The van der Waals surface area contributed by atoms with Crippen molar-refractivity contribution in [2.75, 3.05) is 10.8 Å². The van der Waals surface area contributed by atoms with Gasteiger partial charge in [0.2, 0.25) is 0 Å². The maximum Gasteiger partial charge on any atom is 0.264 e. The van der Waals surface area contributed by atoms with Gasteiger partial charge in [0.05, 0.1) is 23.2 Å². The van der Waals surface area contributed by atoms with Gasteiger partial charge in [0.1, 0.15) is 17.1 Å². The first-order chi connectivity index (χ1) is 18.2. The molecule has 0 spiro atoms. The highest BCUT2D eigenvalue weighted by Gasteiger charge is 2.42. The van der Waals surface area contributed by atoms with E-state index in [0.717, 1.165) is 35.3 Å². The number of para-hydroxylation sites is 1. The molecule has 200 valence electrons. The number of carbonyl (C=O) groups excluding carboxylic acids is 1. The molecule has 1 amide bonds. The van der Waals surface area contributed by atoms with Crippen LogP contribution in [0.25, 0.3) is 0 Å². The minimum atomic E-state index is -3.93. The van der Waals surface area contributed by atoms with E-state index in [1.54, 1.807) is 36.4 Å². The average molecular weight is 535 g/mol. The van der Waals surface area contributed by atoms with Gasteiger partial charge >= 0.3 is 0 Å². The van der Waals surface area contributed by atoms with Gasteiger partial charge in [-0.1, -0.05) is 55.8 Å². The number of fused-ring (bicyclic) bond motifs is 2. The molecule has 0 aromatic heterocycles. The summed E-state index contributed by atoms with van der Waals surface area (Å²) in [5, 5.41) is 3.17. The molecule has 2 aliphatic heterocycles. The fraction of sp³-hybridized carbons (Fsp3) is 0.367. The highest BCUT2D eigenvalue weighted by molar-refractivity contribution is 7.92. The number of nitrogens with one attached hydrogen (secondary N) is 1. The Labute approximate surface area is 224 Å². The van der Waals surface area contributed by atoms with Gasteiger partial charge in [-0.3, -0.25) is 9.10 Å². The lowest BCUT2D eigenvalue weighted by Crippen LogP contribution is -2.52. The van der Waals surface area contributed by atoms with Crippen molar-refractivity contribution in [3.8, 4) is 11.5 Å². The summed E-state index contributed by atoms with van der Waals surface area (Å²) in [6.07, 6.45) is 1.21. The maximum absolute atomic E-state index is 13.8. The van der Waals surface area contributed by atoms with Crippen LogP contribution in [0, 0.1) is 13.8 Å². The summed E-state index contributed by atoms with van der Waals surface area (Å²) >= 11 is 0. The Morgan fingerprint density at radius 3 is 2.37 bits per heavy atom.